The Balaban J connectivity index is 0.000000399. The van der Waals surface area contributed by atoms with Crippen LogP contribution in [0.3, 0.4) is 0 Å². The van der Waals surface area contributed by atoms with E-state index in [1.54, 1.807) is 10.6 Å². The Hall–Kier alpha value is -0.135. The minimum Gasteiger partial charge on any atom is -0.418 e. The molecule has 0 bridgehead atoms. The highest BCUT2D eigenvalue weighted by atomic mass is 31.1. The van der Waals surface area contributed by atoms with Crippen LogP contribution in [0.25, 0.3) is 0 Å². The summed E-state index contributed by atoms with van der Waals surface area (Å²) in [6, 6.07) is 9.55. The minimum atomic E-state index is -6.00. The van der Waals surface area contributed by atoms with Gasteiger partial charge in [-0.15, -0.1) is 0 Å². The highest BCUT2D eigenvalue weighted by molar-refractivity contribution is 7.73. The molecule has 2 aliphatic rings. The maximum absolute atomic E-state index is 9.75. The zero-order valence-corrected chi connectivity index (χ0v) is 17.2. The molecule has 0 aromatic heterocycles. The lowest BCUT2D eigenvalue weighted by Crippen LogP contribution is -2.28. The number of hydrogen-bond acceptors (Lipinski definition) is 0. The molecule has 0 aliphatic carbocycles. The first-order valence-corrected chi connectivity index (χ1v) is 12.1. The molecule has 2 saturated heterocycles. The quantitative estimate of drug-likeness (QED) is 0.312. The van der Waals surface area contributed by atoms with E-state index in [2.05, 4.69) is 52.0 Å². The van der Waals surface area contributed by atoms with Gasteiger partial charge in [-0.1, -0.05) is 67.8 Å². The number of rotatable bonds is 2. The first kappa shape index (κ1) is 21.2. The third-order valence-electron chi connectivity index (χ3n) is 5.34. The molecule has 2 aliphatic heterocycles. The topological polar surface area (TPSA) is 0 Å². The van der Waals surface area contributed by atoms with Crippen LogP contribution in [0.5, 0.6) is 0 Å². The monoisotopic (exact) mass is 393 g/mol. The van der Waals surface area contributed by atoms with Crippen molar-refractivity contribution >= 4 is 33.7 Å². The van der Waals surface area contributed by atoms with Gasteiger partial charge in [0.25, 0.3) is 0 Å². The predicted octanol–water partition coefficient (Wildman–Crippen LogP) is 6.34. The molecule has 2 heterocycles. The molecule has 1 aromatic carbocycles. The van der Waals surface area contributed by atoms with E-state index >= 15 is 0 Å². The third kappa shape index (κ3) is 5.67. The Morgan fingerprint density at radius 3 is 1.16 bits per heavy atom. The minimum absolute atomic E-state index is 0.0785. The summed E-state index contributed by atoms with van der Waals surface area (Å²) in [6.07, 6.45) is 5.79. The van der Waals surface area contributed by atoms with E-state index in [1.807, 2.05) is 0 Å². The predicted molar refractivity (Wildman–Crippen MR) is 106 cm³/mol. The van der Waals surface area contributed by atoms with Gasteiger partial charge in [0.15, 0.2) is 0 Å². The van der Waals surface area contributed by atoms with Crippen LogP contribution in [0.1, 0.15) is 53.4 Å². The zero-order valence-electron chi connectivity index (χ0n) is 15.4. The Kier molecular flexibility index (Phi) is 7.37. The van der Waals surface area contributed by atoms with Gasteiger partial charge in [-0.2, -0.15) is 0 Å². The summed E-state index contributed by atoms with van der Waals surface area (Å²) in [6.45, 7) is 10.0. The fraction of sp³-hybridized carbons (Fsp3) is 0.667. The lowest BCUT2D eigenvalue weighted by atomic mass is 10.2. The summed E-state index contributed by atoms with van der Waals surface area (Å²) in [5.74, 6) is 0. The molecule has 0 spiro atoms. The van der Waals surface area contributed by atoms with Crippen LogP contribution in [0.4, 0.5) is 17.3 Å². The average Bonchev–Trinajstić information content (AvgIpc) is 3.00. The van der Waals surface area contributed by atoms with Crippen LogP contribution in [0.15, 0.2) is 24.3 Å². The van der Waals surface area contributed by atoms with Crippen LogP contribution in [-0.4, -0.2) is 29.9 Å². The molecule has 4 atom stereocenters. The standard InChI is InChI=1S/C18H28P2.BF4/c1-13-9-10-14(2)19(13)17-7-5-6-8-18(17)20-15(3)11-12-16(20)4;2-1(3,4)5/h5-8,13-16H,9-12H2,1-4H3;/q;-1. The van der Waals surface area contributed by atoms with Gasteiger partial charge in [0.2, 0.25) is 0 Å². The molecule has 4 unspecified atom stereocenters. The van der Waals surface area contributed by atoms with Crippen molar-refractivity contribution in [3.8, 4) is 0 Å². The van der Waals surface area contributed by atoms with Crippen molar-refractivity contribution in [2.45, 2.75) is 76.0 Å². The molecule has 0 N–H and O–H groups in total. The second kappa shape index (κ2) is 8.70. The number of benzene rings is 1. The normalized spacial score (nSPS) is 35.4. The lowest BCUT2D eigenvalue weighted by Gasteiger charge is -2.30. The first-order valence-electron chi connectivity index (χ1n) is 9.12. The number of halogens is 4. The maximum Gasteiger partial charge on any atom is 0.673 e. The zero-order chi connectivity index (χ0) is 18.8. The molecule has 0 amide bonds. The number of hydrogen-bond donors (Lipinski definition) is 0. The summed E-state index contributed by atoms with van der Waals surface area (Å²) in [5, 5.41) is 3.57. The molecule has 3 rings (SSSR count). The van der Waals surface area contributed by atoms with Crippen molar-refractivity contribution in [1.29, 1.82) is 0 Å². The molecular formula is C18H28BF4P2-. The van der Waals surface area contributed by atoms with Crippen LogP contribution in [0.2, 0.25) is 0 Å². The molecule has 0 nitrogen and oxygen atoms in total. The Bertz CT molecular complexity index is 497. The molecular weight excluding hydrogens is 365 g/mol. The summed E-state index contributed by atoms with van der Waals surface area (Å²) in [5.41, 5.74) is 3.74. The first-order chi connectivity index (χ1) is 11.6. The van der Waals surface area contributed by atoms with Crippen molar-refractivity contribution in [1.82, 2.24) is 0 Å². The van der Waals surface area contributed by atoms with Crippen molar-refractivity contribution < 1.29 is 17.3 Å². The average molecular weight is 393 g/mol. The van der Waals surface area contributed by atoms with Gasteiger partial charge in [0.05, 0.1) is 0 Å². The van der Waals surface area contributed by atoms with Gasteiger partial charge in [0, 0.05) is 0 Å². The van der Waals surface area contributed by atoms with Crippen LogP contribution >= 0.6 is 15.8 Å². The SMILES string of the molecule is CC1CCC(C)P1c1ccccc1P1C(C)CCC1C.F[B-](F)(F)F. The van der Waals surface area contributed by atoms with E-state index in [0.717, 1.165) is 22.6 Å². The summed E-state index contributed by atoms with van der Waals surface area (Å²) in [7, 11) is -5.84. The van der Waals surface area contributed by atoms with Gasteiger partial charge < -0.3 is 17.3 Å². The largest absolute Gasteiger partial charge is 0.673 e. The maximum atomic E-state index is 9.75. The molecule has 142 valence electrons. The third-order valence-corrected chi connectivity index (χ3v) is 12.2. The van der Waals surface area contributed by atoms with E-state index in [9.17, 15) is 17.3 Å². The second-order valence-corrected chi connectivity index (χ2v) is 13.5. The van der Waals surface area contributed by atoms with Crippen LogP contribution in [-0.2, 0) is 0 Å². The van der Waals surface area contributed by atoms with E-state index in [4.69, 9.17) is 0 Å². The molecule has 0 saturated carbocycles. The van der Waals surface area contributed by atoms with Crippen molar-refractivity contribution in [3.63, 3.8) is 0 Å². The summed E-state index contributed by atoms with van der Waals surface area (Å²) < 4.78 is 39.0. The fourth-order valence-electron chi connectivity index (χ4n) is 4.24. The van der Waals surface area contributed by atoms with Crippen molar-refractivity contribution in [2.75, 3.05) is 0 Å². The van der Waals surface area contributed by atoms with Gasteiger partial charge in [-0.3, -0.25) is 0 Å². The lowest BCUT2D eigenvalue weighted by molar-refractivity contribution is 0.368. The Morgan fingerprint density at radius 1 is 0.680 bits per heavy atom. The molecule has 0 radical (unpaired) electrons. The van der Waals surface area contributed by atoms with Crippen molar-refractivity contribution in [3.05, 3.63) is 24.3 Å². The van der Waals surface area contributed by atoms with Gasteiger partial charge >= 0.3 is 7.25 Å². The highest BCUT2D eigenvalue weighted by Gasteiger charge is 2.37. The van der Waals surface area contributed by atoms with Crippen LogP contribution in [0, 0.1) is 0 Å². The van der Waals surface area contributed by atoms with E-state index in [0.29, 0.717) is 0 Å². The van der Waals surface area contributed by atoms with Gasteiger partial charge in [0.1, 0.15) is 0 Å². The van der Waals surface area contributed by atoms with E-state index < -0.39 is 7.25 Å². The molecule has 2 fully saturated rings. The van der Waals surface area contributed by atoms with Crippen molar-refractivity contribution in [2.24, 2.45) is 0 Å². The van der Waals surface area contributed by atoms with Crippen LogP contribution < -0.4 is 10.6 Å². The summed E-state index contributed by atoms with van der Waals surface area (Å²) >= 11 is 0. The van der Waals surface area contributed by atoms with Gasteiger partial charge in [-0.25, -0.2) is 0 Å². The molecule has 7 heteroatoms. The Labute approximate surface area is 151 Å². The molecule has 1 aromatic rings. The highest BCUT2D eigenvalue weighted by Crippen LogP contribution is 2.58. The fourth-order valence-corrected chi connectivity index (χ4v) is 11.5. The molecule has 25 heavy (non-hydrogen) atoms. The summed E-state index contributed by atoms with van der Waals surface area (Å²) in [4.78, 5) is 0. The van der Waals surface area contributed by atoms with E-state index in [1.165, 1.54) is 25.7 Å². The smallest absolute Gasteiger partial charge is 0.418 e. The van der Waals surface area contributed by atoms with Gasteiger partial charge in [-0.05, 0) is 58.9 Å². The second-order valence-electron chi connectivity index (χ2n) is 7.35. The Morgan fingerprint density at radius 2 is 0.920 bits per heavy atom. The van der Waals surface area contributed by atoms with E-state index in [-0.39, 0.29) is 15.8 Å².